The smallest absolute Gasteiger partial charge is 0.263 e. The number of aryl methyl sites for hydroxylation is 1. The molecule has 110 valence electrons. The van der Waals surface area contributed by atoms with Crippen molar-refractivity contribution in [3.05, 3.63) is 51.0 Å². The van der Waals surface area contributed by atoms with Gasteiger partial charge in [0.1, 0.15) is 4.88 Å². The predicted molar refractivity (Wildman–Crippen MR) is 84.3 cm³/mol. The lowest BCUT2D eigenvalue weighted by molar-refractivity contribution is 0.0954. The Labute approximate surface area is 128 Å². The topological polar surface area (TPSA) is 54.0 Å². The minimum atomic E-state index is -0.0338. The molecule has 0 atom stereocenters. The minimum absolute atomic E-state index is 0.0338. The molecule has 4 nitrogen and oxygen atoms in total. The van der Waals surface area contributed by atoms with Crippen LogP contribution in [0.1, 0.15) is 44.7 Å². The standard InChI is InChI=1S/C16H19N3OS/c1-2-3-15-18-10-14(21-15)16(20)19-7-11-4-5-12-8-17-9-13(12)6-11/h4-6,10,17H,2-3,7-9H2,1H3,(H,19,20). The second-order valence-electron chi connectivity index (χ2n) is 5.26. The van der Waals surface area contributed by atoms with Gasteiger partial charge in [0, 0.05) is 19.6 Å². The van der Waals surface area contributed by atoms with Gasteiger partial charge in [-0.1, -0.05) is 25.1 Å². The molecular formula is C16H19N3OS. The van der Waals surface area contributed by atoms with Crippen LogP contribution in [0.15, 0.2) is 24.4 Å². The lowest BCUT2D eigenvalue weighted by Gasteiger charge is -2.06. The number of thiazole rings is 1. The molecule has 1 aliphatic heterocycles. The summed E-state index contributed by atoms with van der Waals surface area (Å²) in [4.78, 5) is 17.1. The molecule has 21 heavy (non-hydrogen) atoms. The van der Waals surface area contributed by atoms with Gasteiger partial charge in [-0.3, -0.25) is 4.79 Å². The van der Waals surface area contributed by atoms with Crippen molar-refractivity contribution in [2.75, 3.05) is 0 Å². The lowest BCUT2D eigenvalue weighted by atomic mass is 10.1. The molecule has 1 amide bonds. The van der Waals surface area contributed by atoms with Gasteiger partial charge in [0.2, 0.25) is 0 Å². The number of hydrogen-bond acceptors (Lipinski definition) is 4. The average Bonchev–Trinajstić information content (AvgIpc) is 3.13. The summed E-state index contributed by atoms with van der Waals surface area (Å²) in [5, 5.41) is 7.33. The Morgan fingerprint density at radius 1 is 1.38 bits per heavy atom. The first kappa shape index (κ1) is 14.2. The number of nitrogens with one attached hydrogen (secondary N) is 2. The zero-order valence-corrected chi connectivity index (χ0v) is 12.9. The van der Waals surface area contributed by atoms with Crippen molar-refractivity contribution in [1.29, 1.82) is 0 Å². The maximum Gasteiger partial charge on any atom is 0.263 e. The summed E-state index contributed by atoms with van der Waals surface area (Å²) in [6.07, 6.45) is 3.67. The second-order valence-corrected chi connectivity index (χ2v) is 6.37. The van der Waals surface area contributed by atoms with Crippen LogP contribution >= 0.6 is 11.3 Å². The number of carbonyl (C=O) groups excluding carboxylic acids is 1. The van der Waals surface area contributed by atoms with Gasteiger partial charge in [-0.25, -0.2) is 4.98 Å². The number of carbonyl (C=O) groups is 1. The van der Waals surface area contributed by atoms with Crippen molar-refractivity contribution in [3.8, 4) is 0 Å². The molecule has 1 aromatic heterocycles. The zero-order valence-electron chi connectivity index (χ0n) is 12.1. The molecule has 0 radical (unpaired) electrons. The Morgan fingerprint density at radius 2 is 2.24 bits per heavy atom. The molecular weight excluding hydrogens is 282 g/mol. The van der Waals surface area contributed by atoms with Crippen LogP contribution in [0.2, 0.25) is 0 Å². The van der Waals surface area contributed by atoms with Crippen LogP contribution in [-0.2, 0) is 26.1 Å². The quantitative estimate of drug-likeness (QED) is 0.892. The SMILES string of the molecule is CCCc1ncc(C(=O)NCc2ccc3c(c2)CNC3)s1. The summed E-state index contributed by atoms with van der Waals surface area (Å²) in [6.45, 7) is 4.55. The summed E-state index contributed by atoms with van der Waals surface area (Å²) < 4.78 is 0. The Balaban J connectivity index is 1.60. The molecule has 1 aliphatic rings. The molecule has 2 N–H and O–H groups in total. The Kier molecular flexibility index (Phi) is 4.31. The van der Waals surface area contributed by atoms with Gasteiger partial charge >= 0.3 is 0 Å². The number of amides is 1. The van der Waals surface area contributed by atoms with E-state index in [1.54, 1.807) is 6.20 Å². The first-order valence-electron chi connectivity index (χ1n) is 7.30. The highest BCUT2D eigenvalue weighted by molar-refractivity contribution is 7.13. The highest BCUT2D eigenvalue weighted by atomic mass is 32.1. The fourth-order valence-electron chi connectivity index (χ4n) is 2.47. The van der Waals surface area contributed by atoms with E-state index in [-0.39, 0.29) is 5.91 Å². The average molecular weight is 301 g/mol. The third kappa shape index (κ3) is 3.31. The van der Waals surface area contributed by atoms with E-state index in [4.69, 9.17) is 0 Å². The number of nitrogens with zero attached hydrogens (tertiary/aromatic N) is 1. The van der Waals surface area contributed by atoms with E-state index < -0.39 is 0 Å². The maximum absolute atomic E-state index is 12.1. The van der Waals surface area contributed by atoms with Crippen molar-refractivity contribution in [1.82, 2.24) is 15.6 Å². The molecule has 3 rings (SSSR count). The van der Waals surface area contributed by atoms with Crippen LogP contribution in [0.25, 0.3) is 0 Å². The molecule has 1 aromatic carbocycles. The number of benzene rings is 1. The predicted octanol–water partition coefficient (Wildman–Crippen LogP) is 2.63. The largest absolute Gasteiger partial charge is 0.347 e. The highest BCUT2D eigenvalue weighted by Crippen LogP contribution is 2.18. The minimum Gasteiger partial charge on any atom is -0.347 e. The van der Waals surface area contributed by atoms with Crippen molar-refractivity contribution < 1.29 is 4.79 Å². The number of rotatable bonds is 5. The van der Waals surface area contributed by atoms with E-state index in [1.807, 2.05) is 0 Å². The van der Waals surface area contributed by atoms with Gasteiger partial charge < -0.3 is 10.6 Å². The molecule has 0 bridgehead atoms. The van der Waals surface area contributed by atoms with Crippen LogP contribution in [0.4, 0.5) is 0 Å². The molecule has 0 saturated heterocycles. The summed E-state index contributed by atoms with van der Waals surface area (Å²) in [6, 6.07) is 6.40. The number of fused-ring (bicyclic) bond motifs is 1. The van der Waals surface area contributed by atoms with E-state index >= 15 is 0 Å². The van der Waals surface area contributed by atoms with Gasteiger partial charge in [-0.2, -0.15) is 0 Å². The van der Waals surface area contributed by atoms with Crippen molar-refractivity contribution in [2.45, 2.75) is 39.4 Å². The maximum atomic E-state index is 12.1. The molecule has 0 aliphatic carbocycles. The third-order valence-corrected chi connectivity index (χ3v) is 4.65. The van der Waals surface area contributed by atoms with Crippen LogP contribution in [-0.4, -0.2) is 10.9 Å². The fourth-order valence-corrected chi connectivity index (χ4v) is 3.41. The van der Waals surface area contributed by atoms with Gasteiger partial charge in [-0.15, -0.1) is 11.3 Å². The monoisotopic (exact) mass is 301 g/mol. The lowest BCUT2D eigenvalue weighted by Crippen LogP contribution is -2.21. The summed E-state index contributed by atoms with van der Waals surface area (Å²) in [5.41, 5.74) is 3.84. The zero-order chi connectivity index (χ0) is 14.7. The Morgan fingerprint density at radius 3 is 3.10 bits per heavy atom. The molecule has 0 unspecified atom stereocenters. The normalized spacial score (nSPS) is 13.2. The van der Waals surface area contributed by atoms with Crippen LogP contribution in [0, 0.1) is 0 Å². The van der Waals surface area contributed by atoms with Gasteiger partial charge in [-0.05, 0) is 29.5 Å². The van der Waals surface area contributed by atoms with Crippen LogP contribution < -0.4 is 10.6 Å². The summed E-state index contributed by atoms with van der Waals surface area (Å²) >= 11 is 1.49. The molecule has 0 spiro atoms. The number of hydrogen-bond donors (Lipinski definition) is 2. The fraction of sp³-hybridized carbons (Fsp3) is 0.375. The molecule has 0 fully saturated rings. The molecule has 2 aromatic rings. The highest BCUT2D eigenvalue weighted by Gasteiger charge is 2.12. The van der Waals surface area contributed by atoms with Gasteiger partial charge in [0.15, 0.2) is 0 Å². The van der Waals surface area contributed by atoms with Crippen LogP contribution in [0.5, 0.6) is 0 Å². The first-order valence-corrected chi connectivity index (χ1v) is 8.12. The first-order chi connectivity index (χ1) is 10.3. The second kappa shape index (κ2) is 6.37. The summed E-state index contributed by atoms with van der Waals surface area (Å²) in [7, 11) is 0. The van der Waals surface area contributed by atoms with Crippen molar-refractivity contribution >= 4 is 17.2 Å². The van der Waals surface area contributed by atoms with E-state index in [0.29, 0.717) is 11.4 Å². The Hall–Kier alpha value is -1.72. The van der Waals surface area contributed by atoms with E-state index in [9.17, 15) is 4.79 Å². The van der Waals surface area contributed by atoms with Crippen LogP contribution in [0.3, 0.4) is 0 Å². The number of aromatic nitrogens is 1. The van der Waals surface area contributed by atoms with E-state index in [2.05, 4.69) is 40.7 Å². The Bertz CT molecular complexity index is 651. The van der Waals surface area contributed by atoms with Crippen molar-refractivity contribution in [3.63, 3.8) is 0 Å². The molecule has 0 saturated carbocycles. The summed E-state index contributed by atoms with van der Waals surface area (Å²) in [5.74, 6) is -0.0338. The molecule has 2 heterocycles. The third-order valence-electron chi connectivity index (χ3n) is 3.60. The molecule has 5 heteroatoms. The van der Waals surface area contributed by atoms with E-state index in [1.165, 1.54) is 22.5 Å². The van der Waals surface area contributed by atoms with Gasteiger partial charge in [0.05, 0.1) is 11.2 Å². The van der Waals surface area contributed by atoms with Crippen molar-refractivity contribution in [2.24, 2.45) is 0 Å². The van der Waals surface area contributed by atoms with Gasteiger partial charge in [0.25, 0.3) is 5.91 Å². The van der Waals surface area contributed by atoms with E-state index in [0.717, 1.165) is 36.5 Å².